The number of carbonyl (C=O) groups is 1. The van der Waals surface area contributed by atoms with E-state index < -0.39 is 0 Å². The third-order valence-corrected chi connectivity index (χ3v) is 6.35. The van der Waals surface area contributed by atoms with Gasteiger partial charge in [-0.3, -0.25) is 4.79 Å². The van der Waals surface area contributed by atoms with Crippen molar-refractivity contribution in [3.63, 3.8) is 0 Å². The lowest BCUT2D eigenvalue weighted by molar-refractivity contribution is 0.0765. The Morgan fingerprint density at radius 1 is 1.03 bits per heavy atom. The summed E-state index contributed by atoms with van der Waals surface area (Å²) in [6.45, 7) is 8.21. The smallest absolute Gasteiger partial charge is 0.254 e. The van der Waals surface area contributed by atoms with Crippen molar-refractivity contribution in [1.29, 1.82) is 0 Å². The van der Waals surface area contributed by atoms with Crippen LogP contribution in [0.15, 0.2) is 36.4 Å². The second kappa shape index (κ2) is 11.3. The van der Waals surface area contributed by atoms with Crippen molar-refractivity contribution >= 4 is 17.7 Å². The van der Waals surface area contributed by atoms with Crippen LogP contribution in [0.4, 0.5) is 4.39 Å². The van der Waals surface area contributed by atoms with Crippen LogP contribution in [0.1, 0.15) is 48.4 Å². The number of hydrogen-bond donors (Lipinski definition) is 0. The van der Waals surface area contributed by atoms with E-state index >= 15 is 0 Å². The molecule has 1 fully saturated rings. The van der Waals surface area contributed by atoms with Gasteiger partial charge in [0.1, 0.15) is 5.82 Å². The van der Waals surface area contributed by atoms with Crippen LogP contribution in [-0.4, -0.2) is 49.5 Å². The molecule has 0 N–H and O–H groups in total. The summed E-state index contributed by atoms with van der Waals surface area (Å²) in [6, 6.07) is 10.3. The van der Waals surface area contributed by atoms with E-state index in [-0.39, 0.29) is 17.0 Å². The predicted molar refractivity (Wildman–Crippen MR) is 122 cm³/mol. The van der Waals surface area contributed by atoms with Crippen molar-refractivity contribution in [3.8, 4) is 17.2 Å². The molecule has 0 spiro atoms. The molecule has 1 heterocycles. The van der Waals surface area contributed by atoms with Crippen LogP contribution in [0.2, 0.25) is 0 Å². The molecule has 0 aromatic heterocycles. The van der Waals surface area contributed by atoms with Gasteiger partial charge < -0.3 is 19.1 Å². The van der Waals surface area contributed by atoms with Gasteiger partial charge in [-0.1, -0.05) is 18.2 Å². The molecular weight excluding hydrogens is 417 g/mol. The number of halogens is 1. The molecule has 2 aromatic rings. The number of benzene rings is 2. The maximum atomic E-state index is 14.2. The number of rotatable bonds is 8. The van der Waals surface area contributed by atoms with Crippen molar-refractivity contribution in [2.24, 2.45) is 0 Å². The minimum atomic E-state index is -0.186. The van der Waals surface area contributed by atoms with Crippen LogP contribution in [0.3, 0.4) is 0 Å². The molecule has 1 atom stereocenters. The Kier molecular flexibility index (Phi) is 8.46. The van der Waals surface area contributed by atoms with E-state index in [4.69, 9.17) is 14.2 Å². The summed E-state index contributed by atoms with van der Waals surface area (Å²) in [5, 5.41) is 0.0392. The normalized spacial score (nSPS) is 16.5. The fraction of sp³-hybridized carbons (Fsp3) is 0.458. The third-order valence-electron chi connectivity index (χ3n) is 5.04. The Bertz CT molecular complexity index is 865. The fourth-order valence-electron chi connectivity index (χ4n) is 3.65. The first-order valence-corrected chi connectivity index (χ1v) is 11.9. The summed E-state index contributed by atoms with van der Waals surface area (Å²) < 4.78 is 31.5. The molecule has 168 valence electrons. The van der Waals surface area contributed by atoms with E-state index in [1.807, 2.05) is 37.8 Å². The van der Waals surface area contributed by atoms with Gasteiger partial charge in [-0.05, 0) is 45.4 Å². The first-order chi connectivity index (χ1) is 15.1. The van der Waals surface area contributed by atoms with Crippen LogP contribution in [0.5, 0.6) is 17.2 Å². The second-order valence-corrected chi connectivity index (χ2v) is 8.37. The largest absolute Gasteiger partial charge is 0.490 e. The molecule has 0 saturated carbocycles. The van der Waals surface area contributed by atoms with Gasteiger partial charge in [-0.2, -0.15) is 11.8 Å². The molecule has 31 heavy (non-hydrogen) atoms. The molecule has 0 bridgehead atoms. The third kappa shape index (κ3) is 5.64. The van der Waals surface area contributed by atoms with Gasteiger partial charge >= 0.3 is 0 Å². The van der Waals surface area contributed by atoms with E-state index in [0.29, 0.717) is 67.7 Å². The highest BCUT2D eigenvalue weighted by atomic mass is 32.2. The van der Waals surface area contributed by atoms with Crippen molar-refractivity contribution in [1.82, 2.24) is 4.90 Å². The summed E-state index contributed by atoms with van der Waals surface area (Å²) in [6.07, 6.45) is 0.699. The summed E-state index contributed by atoms with van der Waals surface area (Å²) in [5.41, 5.74) is 1.21. The van der Waals surface area contributed by atoms with Crippen LogP contribution in [0, 0.1) is 5.82 Å². The van der Waals surface area contributed by atoms with Crippen LogP contribution < -0.4 is 14.2 Å². The van der Waals surface area contributed by atoms with Crippen molar-refractivity contribution < 1.29 is 23.4 Å². The standard InChI is InChI=1S/C24H30FNO4S/c1-4-28-20-15-17(16-21(29-5-2)23(20)30-6-3)24(27)26-12-11-22(31-14-13-26)18-9-7-8-10-19(18)25/h7-10,15-16,22H,4-6,11-14H2,1-3H3. The van der Waals surface area contributed by atoms with E-state index in [9.17, 15) is 9.18 Å². The number of thioether (sulfide) groups is 1. The maximum absolute atomic E-state index is 14.2. The highest BCUT2D eigenvalue weighted by molar-refractivity contribution is 7.99. The minimum absolute atomic E-state index is 0.0392. The van der Waals surface area contributed by atoms with Gasteiger partial charge in [0.05, 0.1) is 19.8 Å². The average Bonchev–Trinajstić information content (AvgIpc) is 3.02. The number of carbonyl (C=O) groups excluding carboxylic acids is 1. The van der Waals surface area contributed by atoms with Crippen LogP contribution in [0.25, 0.3) is 0 Å². The monoisotopic (exact) mass is 447 g/mol. The van der Waals surface area contributed by atoms with Crippen LogP contribution in [-0.2, 0) is 0 Å². The van der Waals surface area contributed by atoms with E-state index in [0.717, 1.165) is 5.75 Å². The number of nitrogens with zero attached hydrogens (tertiary/aromatic N) is 1. The first-order valence-electron chi connectivity index (χ1n) is 10.8. The Morgan fingerprint density at radius 3 is 2.29 bits per heavy atom. The Balaban J connectivity index is 1.82. The molecule has 3 rings (SSSR count). The predicted octanol–water partition coefficient (Wildman–Crippen LogP) is 5.34. The zero-order valence-electron chi connectivity index (χ0n) is 18.4. The van der Waals surface area contributed by atoms with Crippen molar-refractivity contribution in [3.05, 3.63) is 53.3 Å². The summed E-state index contributed by atoms with van der Waals surface area (Å²) >= 11 is 1.70. The number of amides is 1. The van der Waals surface area contributed by atoms with E-state index in [1.54, 1.807) is 30.0 Å². The van der Waals surface area contributed by atoms with Gasteiger partial charge in [0.15, 0.2) is 11.5 Å². The zero-order chi connectivity index (χ0) is 22.2. The molecule has 1 unspecified atom stereocenters. The first kappa shape index (κ1) is 23.3. The molecule has 1 aliphatic rings. The Morgan fingerprint density at radius 2 is 1.68 bits per heavy atom. The lowest BCUT2D eigenvalue weighted by Crippen LogP contribution is -2.33. The topological polar surface area (TPSA) is 48.0 Å². The van der Waals surface area contributed by atoms with E-state index in [1.165, 1.54) is 6.07 Å². The minimum Gasteiger partial charge on any atom is -0.490 e. The molecule has 0 aliphatic carbocycles. The molecule has 2 aromatic carbocycles. The molecule has 1 aliphatic heterocycles. The lowest BCUT2D eigenvalue weighted by Gasteiger charge is -2.22. The van der Waals surface area contributed by atoms with Crippen LogP contribution >= 0.6 is 11.8 Å². The summed E-state index contributed by atoms with van der Waals surface area (Å²) in [4.78, 5) is 15.2. The van der Waals surface area contributed by atoms with Gasteiger partial charge in [0.2, 0.25) is 5.75 Å². The number of ether oxygens (including phenoxy) is 3. The molecule has 1 amide bonds. The van der Waals surface area contributed by atoms with Gasteiger partial charge in [-0.25, -0.2) is 4.39 Å². The zero-order valence-corrected chi connectivity index (χ0v) is 19.2. The maximum Gasteiger partial charge on any atom is 0.254 e. The Labute approximate surface area is 187 Å². The molecule has 0 radical (unpaired) electrons. The molecule has 5 nitrogen and oxygen atoms in total. The quantitative estimate of drug-likeness (QED) is 0.547. The number of hydrogen-bond acceptors (Lipinski definition) is 5. The lowest BCUT2D eigenvalue weighted by atomic mass is 10.1. The highest BCUT2D eigenvalue weighted by Gasteiger charge is 2.26. The van der Waals surface area contributed by atoms with E-state index in [2.05, 4.69) is 0 Å². The SMILES string of the molecule is CCOc1cc(C(=O)N2CCSC(c3ccccc3F)CC2)cc(OCC)c1OCC. The fourth-order valence-corrected chi connectivity index (χ4v) is 4.91. The van der Waals surface area contributed by atoms with Gasteiger partial charge in [0.25, 0.3) is 5.91 Å². The average molecular weight is 448 g/mol. The van der Waals surface area contributed by atoms with Gasteiger partial charge in [0, 0.05) is 35.2 Å². The summed E-state index contributed by atoms with van der Waals surface area (Å²) in [5.74, 6) is 2.01. The molecular formula is C24H30FNO4S. The van der Waals surface area contributed by atoms with Crippen molar-refractivity contribution in [2.45, 2.75) is 32.4 Å². The highest BCUT2D eigenvalue weighted by Crippen LogP contribution is 2.40. The summed E-state index contributed by atoms with van der Waals surface area (Å²) in [7, 11) is 0. The van der Waals surface area contributed by atoms with Crippen molar-refractivity contribution in [2.75, 3.05) is 38.7 Å². The Hall–Kier alpha value is -2.41. The molecule has 1 saturated heterocycles. The van der Waals surface area contributed by atoms with Gasteiger partial charge in [-0.15, -0.1) is 0 Å². The second-order valence-electron chi connectivity index (χ2n) is 7.06. The molecule has 7 heteroatoms.